The van der Waals surface area contributed by atoms with Crippen molar-refractivity contribution >= 4 is 65.0 Å². The molecule has 2 unspecified atom stereocenters. The van der Waals surface area contributed by atoms with E-state index in [1.807, 2.05) is 24.3 Å². The van der Waals surface area contributed by atoms with Crippen molar-refractivity contribution in [2.45, 2.75) is 12.1 Å². The fourth-order valence-electron chi connectivity index (χ4n) is 5.70. The number of rotatable bonds is 15. The SMILES string of the molecule is CN(c1cccc(OCNc2cccc(-n3cn[nH]c3=S)c2)c1)C(C(=O)O)C(C(=O)O)N(C)c1cccc(C(=O)Nc2cccc(-n3[nH]nnc3=S)c2)c1. The summed E-state index contributed by atoms with van der Waals surface area (Å²) in [5, 5.41) is 43.6. The van der Waals surface area contributed by atoms with E-state index in [1.54, 1.807) is 77.6 Å². The van der Waals surface area contributed by atoms with Crippen LogP contribution >= 0.6 is 24.4 Å². The molecule has 19 heteroatoms. The second-order valence-electron chi connectivity index (χ2n) is 11.8. The number of nitrogens with zero attached hydrogens (tertiary/aromatic N) is 7. The summed E-state index contributed by atoms with van der Waals surface area (Å²) in [6, 6.07) is 24.0. The first-order valence-electron chi connectivity index (χ1n) is 16.1. The van der Waals surface area contributed by atoms with Crippen LogP contribution in [0.2, 0.25) is 0 Å². The Bertz CT molecular complexity index is 2430. The molecule has 2 heterocycles. The third kappa shape index (κ3) is 8.27. The van der Waals surface area contributed by atoms with Gasteiger partial charge >= 0.3 is 11.9 Å². The molecule has 6 rings (SSSR count). The highest BCUT2D eigenvalue weighted by atomic mass is 32.1. The number of carboxylic acid groups (broad SMARTS) is 2. The Morgan fingerprint density at radius 1 is 0.833 bits per heavy atom. The lowest BCUT2D eigenvalue weighted by molar-refractivity contribution is -0.146. The van der Waals surface area contributed by atoms with Gasteiger partial charge in [0.15, 0.2) is 23.6 Å². The second kappa shape index (κ2) is 16.2. The number of amides is 1. The average Bonchev–Trinajstić information content (AvgIpc) is 3.81. The predicted octanol–water partition coefficient (Wildman–Crippen LogP) is 4.75. The maximum absolute atomic E-state index is 13.3. The van der Waals surface area contributed by atoms with Crippen molar-refractivity contribution in [3.8, 4) is 17.1 Å². The van der Waals surface area contributed by atoms with Crippen LogP contribution in [0, 0.1) is 9.54 Å². The van der Waals surface area contributed by atoms with Gasteiger partial charge in [0.25, 0.3) is 5.91 Å². The van der Waals surface area contributed by atoms with Gasteiger partial charge in [0.05, 0.1) is 11.4 Å². The van der Waals surface area contributed by atoms with E-state index in [0.717, 1.165) is 11.4 Å². The normalized spacial score (nSPS) is 12.0. The van der Waals surface area contributed by atoms with E-state index in [2.05, 4.69) is 36.4 Å². The summed E-state index contributed by atoms with van der Waals surface area (Å²) in [6.45, 7) is 0.0712. The summed E-state index contributed by atoms with van der Waals surface area (Å²) >= 11 is 10.4. The Labute approximate surface area is 317 Å². The number of aliphatic carboxylic acids is 2. The molecule has 4 aromatic carbocycles. The van der Waals surface area contributed by atoms with Crippen LogP contribution in [-0.2, 0) is 9.59 Å². The van der Waals surface area contributed by atoms with Crippen LogP contribution in [0.5, 0.6) is 5.75 Å². The number of hydrogen-bond acceptors (Lipinski definition) is 12. The maximum atomic E-state index is 13.3. The molecule has 0 aliphatic rings. The smallest absolute Gasteiger partial charge is 0.329 e. The van der Waals surface area contributed by atoms with Gasteiger partial charge in [-0.15, -0.1) is 0 Å². The van der Waals surface area contributed by atoms with Crippen molar-refractivity contribution in [2.24, 2.45) is 0 Å². The van der Waals surface area contributed by atoms with Gasteiger partial charge in [0.2, 0.25) is 4.77 Å². The minimum absolute atomic E-state index is 0.0712. The molecule has 54 heavy (non-hydrogen) atoms. The Morgan fingerprint density at radius 2 is 1.46 bits per heavy atom. The molecule has 0 saturated carbocycles. The fraction of sp³-hybridized carbons (Fsp3) is 0.143. The Morgan fingerprint density at radius 3 is 2.11 bits per heavy atom. The molecular weight excluding hydrogens is 735 g/mol. The molecule has 2 atom stereocenters. The minimum Gasteiger partial charge on any atom is -0.480 e. The van der Waals surface area contributed by atoms with Crippen LogP contribution in [0.15, 0.2) is 103 Å². The molecule has 0 aliphatic carbocycles. The highest BCUT2D eigenvalue weighted by Crippen LogP contribution is 2.27. The first-order valence-corrected chi connectivity index (χ1v) is 16.9. The van der Waals surface area contributed by atoms with E-state index in [9.17, 15) is 24.6 Å². The number of aromatic amines is 2. The third-order valence-corrected chi connectivity index (χ3v) is 8.96. The van der Waals surface area contributed by atoms with E-state index in [-0.39, 0.29) is 17.1 Å². The number of H-pyrrole nitrogens is 2. The third-order valence-electron chi connectivity index (χ3n) is 8.41. The van der Waals surface area contributed by atoms with Crippen LogP contribution < -0.4 is 25.2 Å². The number of benzene rings is 4. The van der Waals surface area contributed by atoms with Crippen molar-refractivity contribution in [1.82, 2.24) is 35.0 Å². The first kappa shape index (κ1) is 36.9. The van der Waals surface area contributed by atoms with Gasteiger partial charge in [0, 0.05) is 48.5 Å². The molecule has 1 amide bonds. The van der Waals surface area contributed by atoms with Crippen molar-refractivity contribution < 1.29 is 29.3 Å². The van der Waals surface area contributed by atoms with Gasteiger partial charge in [0.1, 0.15) is 12.1 Å². The van der Waals surface area contributed by atoms with Crippen molar-refractivity contribution in [3.05, 3.63) is 118 Å². The molecule has 6 N–H and O–H groups in total. The van der Waals surface area contributed by atoms with Crippen LogP contribution in [0.3, 0.4) is 0 Å². The monoisotopic (exact) mass is 767 g/mol. The van der Waals surface area contributed by atoms with Crippen molar-refractivity contribution in [2.75, 3.05) is 41.3 Å². The minimum atomic E-state index is -1.59. The van der Waals surface area contributed by atoms with Crippen LogP contribution in [0.4, 0.5) is 22.7 Å². The molecule has 0 radical (unpaired) electrons. The molecule has 276 valence electrons. The summed E-state index contributed by atoms with van der Waals surface area (Å²) in [5.41, 5.74) is 3.52. The van der Waals surface area contributed by atoms with Gasteiger partial charge in [-0.25, -0.2) is 14.3 Å². The number of carbonyl (C=O) groups excluding carboxylic acids is 1. The lowest BCUT2D eigenvalue weighted by Gasteiger charge is -2.36. The zero-order valence-corrected chi connectivity index (χ0v) is 30.3. The number of anilines is 4. The Balaban J connectivity index is 1.15. The van der Waals surface area contributed by atoms with E-state index in [4.69, 9.17) is 29.2 Å². The lowest BCUT2D eigenvalue weighted by atomic mass is 10.0. The molecule has 0 aliphatic heterocycles. The number of aromatic nitrogens is 7. The largest absolute Gasteiger partial charge is 0.480 e. The van der Waals surface area contributed by atoms with Gasteiger partial charge < -0.3 is 35.4 Å². The van der Waals surface area contributed by atoms with E-state index < -0.39 is 29.9 Å². The molecule has 0 saturated heterocycles. The Hall–Kier alpha value is -6.86. The van der Waals surface area contributed by atoms with E-state index in [0.29, 0.717) is 33.3 Å². The molecule has 6 aromatic rings. The van der Waals surface area contributed by atoms with Gasteiger partial charge in [-0.3, -0.25) is 14.5 Å². The number of ether oxygens (including phenoxy) is 1. The molecule has 0 fully saturated rings. The van der Waals surface area contributed by atoms with E-state index in [1.165, 1.54) is 34.6 Å². The second-order valence-corrected chi connectivity index (χ2v) is 12.6. The number of nitrogens with one attached hydrogen (secondary N) is 4. The molecule has 0 spiro atoms. The summed E-state index contributed by atoms with van der Waals surface area (Å²) in [7, 11) is 2.96. The quantitative estimate of drug-likeness (QED) is 0.0616. The fourth-order valence-corrected chi connectivity index (χ4v) is 6.09. The zero-order valence-electron chi connectivity index (χ0n) is 28.7. The van der Waals surface area contributed by atoms with Gasteiger partial charge in [-0.2, -0.15) is 10.3 Å². The summed E-state index contributed by atoms with van der Waals surface area (Å²) in [4.78, 5) is 41.6. The molecule has 2 aromatic heterocycles. The maximum Gasteiger partial charge on any atom is 0.329 e. The van der Waals surface area contributed by atoms with E-state index >= 15 is 0 Å². The number of hydrogen-bond donors (Lipinski definition) is 6. The Kier molecular flexibility index (Phi) is 11.1. The molecular formula is C35H33N11O6S2. The number of tetrazole rings is 1. The summed E-state index contributed by atoms with van der Waals surface area (Å²) in [6.07, 6.45) is 1.58. The lowest BCUT2D eigenvalue weighted by Crippen LogP contribution is -2.57. The predicted molar refractivity (Wildman–Crippen MR) is 205 cm³/mol. The highest BCUT2D eigenvalue weighted by molar-refractivity contribution is 7.71. The first-order chi connectivity index (χ1) is 26.0. The number of likely N-dealkylation sites (N-methyl/N-ethyl adjacent to an activating group) is 2. The van der Waals surface area contributed by atoms with Crippen molar-refractivity contribution in [3.63, 3.8) is 0 Å². The standard InChI is InChI=1S/C35H33N11O6S2/c1-43(24-10-3-7-21(15-24)31(47)38-23-9-5-13-27(17-23)46-35(54)40-41-42-46)29(32(48)49)30(33(50)51)44(2)25-11-6-14-28(18-25)52-20-36-22-8-4-12-26(16-22)45-19-37-39-34(45)53/h3-19,29-30,36H,20H2,1-2H3,(H,38,47)(H,39,53)(H,48,49)(H,50,51)(H,40,42,54). The van der Waals surface area contributed by atoms with Crippen LogP contribution in [0.25, 0.3) is 11.4 Å². The topological polar surface area (TPSA) is 212 Å². The number of carbonyl (C=O) groups is 3. The number of carboxylic acids is 2. The molecule has 0 bridgehead atoms. The van der Waals surface area contributed by atoms with Gasteiger partial charge in [-0.05, 0) is 91.2 Å². The summed E-state index contributed by atoms with van der Waals surface area (Å²) in [5.74, 6) is -2.82. The highest BCUT2D eigenvalue weighted by Gasteiger charge is 2.40. The summed E-state index contributed by atoms with van der Waals surface area (Å²) < 4.78 is 9.76. The zero-order chi connectivity index (χ0) is 38.4. The van der Waals surface area contributed by atoms with Crippen LogP contribution in [-0.4, -0.2) is 95.9 Å². The molecule has 17 nitrogen and oxygen atoms in total. The van der Waals surface area contributed by atoms with Crippen LogP contribution in [0.1, 0.15) is 10.4 Å². The van der Waals surface area contributed by atoms with Crippen molar-refractivity contribution in [1.29, 1.82) is 0 Å². The van der Waals surface area contributed by atoms with Gasteiger partial charge in [-0.1, -0.05) is 34.6 Å². The average molecular weight is 768 g/mol.